The molecule has 0 saturated carbocycles. The standard InChI is InChI=1S/C25H31FN6O3/c1-14(28)23(33)31-21(9-15-4-3-5-16(8-15)12-27)25(35)32-22(24(34)29-2)10-17-13-30-20-7-6-18(26)11-19(17)20/h3-8,11,13-14,21-22,30H,9-10,12,27-28H2,1-2H3,(H,29,34)(H,31,33)(H,32,35)/t14-,21+,22+/m1/s1. The highest BCUT2D eigenvalue weighted by Gasteiger charge is 2.28. The average Bonchev–Trinajstić information content (AvgIpc) is 3.24. The van der Waals surface area contributed by atoms with E-state index in [-0.39, 0.29) is 12.8 Å². The molecule has 8 N–H and O–H groups in total. The van der Waals surface area contributed by atoms with Crippen LogP contribution in [0.25, 0.3) is 10.9 Å². The van der Waals surface area contributed by atoms with Gasteiger partial charge in [-0.05, 0) is 41.8 Å². The Hall–Kier alpha value is -3.76. The Bertz CT molecular complexity index is 1210. The van der Waals surface area contributed by atoms with Crippen molar-refractivity contribution in [3.8, 4) is 0 Å². The number of likely N-dealkylation sites (N-methyl/N-ethyl adjacent to an activating group) is 1. The van der Waals surface area contributed by atoms with Crippen LogP contribution in [0.3, 0.4) is 0 Å². The smallest absolute Gasteiger partial charge is 0.243 e. The summed E-state index contributed by atoms with van der Waals surface area (Å²) in [4.78, 5) is 41.3. The summed E-state index contributed by atoms with van der Waals surface area (Å²) < 4.78 is 13.8. The van der Waals surface area contributed by atoms with Gasteiger partial charge in [0.1, 0.15) is 17.9 Å². The van der Waals surface area contributed by atoms with Crippen LogP contribution in [-0.4, -0.2) is 47.9 Å². The molecule has 0 unspecified atom stereocenters. The number of halogens is 1. The molecule has 0 aliphatic carbocycles. The van der Waals surface area contributed by atoms with Crippen LogP contribution in [0.15, 0.2) is 48.7 Å². The van der Waals surface area contributed by atoms with Crippen molar-refractivity contribution in [2.75, 3.05) is 7.05 Å². The first-order chi connectivity index (χ1) is 16.7. The fraction of sp³-hybridized carbons (Fsp3) is 0.320. The summed E-state index contributed by atoms with van der Waals surface area (Å²) in [5, 5.41) is 8.57. The maximum Gasteiger partial charge on any atom is 0.243 e. The Morgan fingerprint density at radius 3 is 2.34 bits per heavy atom. The molecule has 35 heavy (non-hydrogen) atoms. The third-order valence-electron chi connectivity index (χ3n) is 5.75. The number of aromatic nitrogens is 1. The lowest BCUT2D eigenvalue weighted by molar-refractivity contribution is -0.132. The molecule has 3 amide bonds. The van der Waals surface area contributed by atoms with Gasteiger partial charge in [-0.15, -0.1) is 0 Å². The van der Waals surface area contributed by atoms with Crippen LogP contribution in [0.1, 0.15) is 23.6 Å². The van der Waals surface area contributed by atoms with E-state index in [4.69, 9.17) is 11.5 Å². The van der Waals surface area contributed by atoms with Crippen LogP contribution in [-0.2, 0) is 33.8 Å². The van der Waals surface area contributed by atoms with E-state index in [9.17, 15) is 18.8 Å². The van der Waals surface area contributed by atoms with Crippen LogP contribution in [0.4, 0.5) is 4.39 Å². The number of benzene rings is 2. The summed E-state index contributed by atoms with van der Waals surface area (Å²) in [5.74, 6) is -1.87. The molecule has 2 aromatic carbocycles. The highest BCUT2D eigenvalue weighted by molar-refractivity contribution is 5.93. The number of fused-ring (bicyclic) bond motifs is 1. The zero-order valence-corrected chi connectivity index (χ0v) is 19.7. The molecular weight excluding hydrogens is 451 g/mol. The average molecular weight is 483 g/mol. The van der Waals surface area contributed by atoms with Crippen molar-refractivity contribution in [2.24, 2.45) is 11.5 Å². The van der Waals surface area contributed by atoms with Gasteiger partial charge in [-0.3, -0.25) is 14.4 Å². The van der Waals surface area contributed by atoms with E-state index in [0.717, 1.165) is 11.1 Å². The van der Waals surface area contributed by atoms with Crippen molar-refractivity contribution < 1.29 is 18.8 Å². The van der Waals surface area contributed by atoms with Crippen LogP contribution < -0.4 is 27.4 Å². The Morgan fingerprint density at radius 2 is 1.66 bits per heavy atom. The maximum atomic E-state index is 13.8. The molecule has 10 heteroatoms. The molecule has 1 aromatic heterocycles. The normalized spacial score (nSPS) is 13.6. The zero-order chi connectivity index (χ0) is 25.5. The molecule has 0 aliphatic heterocycles. The summed E-state index contributed by atoms with van der Waals surface area (Å²) in [7, 11) is 1.46. The third kappa shape index (κ3) is 6.65. The molecule has 3 rings (SSSR count). The lowest BCUT2D eigenvalue weighted by Crippen LogP contribution is -2.56. The van der Waals surface area contributed by atoms with Crippen molar-refractivity contribution in [2.45, 2.75) is 44.4 Å². The Kier molecular flexibility index (Phi) is 8.56. The van der Waals surface area contributed by atoms with E-state index >= 15 is 0 Å². The SMILES string of the molecule is CNC(=O)[C@H](Cc1c[nH]c2ccc(F)cc12)NC(=O)[C@H](Cc1cccc(CN)c1)NC(=O)[C@@H](C)N. The van der Waals surface area contributed by atoms with Crippen LogP contribution in [0.5, 0.6) is 0 Å². The van der Waals surface area contributed by atoms with Gasteiger partial charge in [-0.1, -0.05) is 24.3 Å². The highest BCUT2D eigenvalue weighted by Crippen LogP contribution is 2.21. The predicted octanol–water partition coefficient (Wildman–Crippen LogP) is 0.614. The maximum absolute atomic E-state index is 13.8. The number of rotatable bonds is 10. The second-order valence-corrected chi connectivity index (χ2v) is 8.46. The number of nitrogens with one attached hydrogen (secondary N) is 4. The number of carbonyl (C=O) groups is 3. The molecule has 1 heterocycles. The van der Waals surface area contributed by atoms with Gasteiger partial charge in [-0.25, -0.2) is 4.39 Å². The van der Waals surface area contributed by atoms with Crippen LogP contribution in [0, 0.1) is 5.82 Å². The van der Waals surface area contributed by atoms with E-state index in [1.54, 1.807) is 12.3 Å². The molecule has 0 saturated heterocycles. The van der Waals surface area contributed by atoms with E-state index in [1.165, 1.54) is 26.1 Å². The Balaban J connectivity index is 1.84. The molecule has 9 nitrogen and oxygen atoms in total. The van der Waals surface area contributed by atoms with Gasteiger partial charge in [0.25, 0.3) is 0 Å². The van der Waals surface area contributed by atoms with Crippen molar-refractivity contribution in [1.82, 2.24) is 20.9 Å². The van der Waals surface area contributed by atoms with Gasteiger partial charge >= 0.3 is 0 Å². The van der Waals surface area contributed by atoms with E-state index in [0.29, 0.717) is 23.0 Å². The highest BCUT2D eigenvalue weighted by atomic mass is 19.1. The minimum atomic E-state index is -0.978. The number of hydrogen-bond donors (Lipinski definition) is 6. The first-order valence-electron chi connectivity index (χ1n) is 11.3. The van der Waals surface area contributed by atoms with Crippen molar-refractivity contribution >= 4 is 28.6 Å². The molecule has 0 aliphatic rings. The van der Waals surface area contributed by atoms with Crippen LogP contribution >= 0.6 is 0 Å². The predicted molar refractivity (Wildman–Crippen MR) is 132 cm³/mol. The minimum absolute atomic E-state index is 0.117. The number of carbonyl (C=O) groups excluding carboxylic acids is 3. The molecule has 0 spiro atoms. The summed E-state index contributed by atoms with van der Waals surface area (Å²) >= 11 is 0. The summed E-state index contributed by atoms with van der Waals surface area (Å²) in [6.45, 7) is 1.85. The number of aromatic amines is 1. The van der Waals surface area contributed by atoms with Crippen molar-refractivity contribution in [3.05, 3.63) is 71.2 Å². The first-order valence-corrected chi connectivity index (χ1v) is 11.3. The fourth-order valence-corrected chi connectivity index (χ4v) is 3.83. The number of H-pyrrole nitrogens is 1. The second-order valence-electron chi connectivity index (χ2n) is 8.46. The molecule has 0 fully saturated rings. The summed E-state index contributed by atoms with van der Waals surface area (Å²) in [6, 6.07) is 8.94. The number of nitrogens with two attached hydrogens (primary N) is 2. The molecular formula is C25H31FN6O3. The monoisotopic (exact) mass is 482 g/mol. The van der Waals surface area contributed by atoms with E-state index in [1.807, 2.05) is 24.3 Å². The van der Waals surface area contributed by atoms with Gasteiger partial charge in [0.15, 0.2) is 0 Å². The molecule has 186 valence electrons. The zero-order valence-electron chi connectivity index (χ0n) is 19.7. The molecule has 3 aromatic rings. The second kappa shape index (κ2) is 11.6. The van der Waals surface area contributed by atoms with Crippen molar-refractivity contribution in [3.63, 3.8) is 0 Å². The Morgan fingerprint density at radius 1 is 0.971 bits per heavy atom. The topological polar surface area (TPSA) is 155 Å². The lowest BCUT2D eigenvalue weighted by Gasteiger charge is -2.23. The quantitative estimate of drug-likeness (QED) is 0.250. The Labute approximate surface area is 202 Å². The van der Waals surface area contributed by atoms with Gasteiger partial charge in [0, 0.05) is 43.5 Å². The summed E-state index contributed by atoms with van der Waals surface area (Å²) in [6.07, 6.45) is 1.97. The fourth-order valence-electron chi connectivity index (χ4n) is 3.83. The van der Waals surface area contributed by atoms with Crippen molar-refractivity contribution in [1.29, 1.82) is 0 Å². The number of amides is 3. The van der Waals surface area contributed by atoms with E-state index in [2.05, 4.69) is 20.9 Å². The van der Waals surface area contributed by atoms with Gasteiger partial charge in [-0.2, -0.15) is 0 Å². The molecule has 0 bridgehead atoms. The van der Waals surface area contributed by atoms with Gasteiger partial charge in [0.2, 0.25) is 17.7 Å². The number of hydrogen-bond acceptors (Lipinski definition) is 5. The molecule has 0 radical (unpaired) electrons. The van der Waals surface area contributed by atoms with Gasteiger partial charge < -0.3 is 32.4 Å². The lowest BCUT2D eigenvalue weighted by atomic mass is 10.0. The minimum Gasteiger partial charge on any atom is -0.361 e. The van der Waals surface area contributed by atoms with Crippen LogP contribution in [0.2, 0.25) is 0 Å². The largest absolute Gasteiger partial charge is 0.361 e. The molecule has 3 atom stereocenters. The van der Waals surface area contributed by atoms with Gasteiger partial charge in [0.05, 0.1) is 6.04 Å². The van der Waals surface area contributed by atoms with E-state index < -0.39 is 41.7 Å². The third-order valence-corrected chi connectivity index (χ3v) is 5.75. The summed E-state index contributed by atoms with van der Waals surface area (Å²) in [5.41, 5.74) is 14.5. The first kappa shape index (κ1) is 25.9.